The lowest BCUT2D eigenvalue weighted by atomic mass is 9.97. The number of fused-ring (bicyclic) bond motifs is 2. The smallest absolute Gasteiger partial charge is 0.257 e. The highest BCUT2D eigenvalue weighted by atomic mass is 16.2. The number of amides is 2. The van der Waals surface area contributed by atoms with Crippen LogP contribution >= 0.6 is 0 Å². The molecule has 29 heavy (non-hydrogen) atoms. The zero-order valence-corrected chi connectivity index (χ0v) is 17.3. The van der Waals surface area contributed by atoms with Crippen molar-refractivity contribution in [2.75, 3.05) is 42.3 Å². The van der Waals surface area contributed by atoms with Gasteiger partial charge in [0.2, 0.25) is 0 Å². The maximum atomic E-state index is 13.0. The lowest BCUT2D eigenvalue weighted by Gasteiger charge is -2.47. The van der Waals surface area contributed by atoms with E-state index in [0.717, 1.165) is 49.4 Å². The predicted octanol–water partition coefficient (Wildman–Crippen LogP) is 3.80. The van der Waals surface area contributed by atoms with Gasteiger partial charge in [0.1, 0.15) is 6.17 Å². The molecule has 0 saturated carbocycles. The van der Waals surface area contributed by atoms with Gasteiger partial charge in [-0.05, 0) is 68.7 Å². The van der Waals surface area contributed by atoms with E-state index in [2.05, 4.69) is 17.1 Å². The summed E-state index contributed by atoms with van der Waals surface area (Å²) in [5.74, 6) is -0.0828. The van der Waals surface area contributed by atoms with Gasteiger partial charge in [0, 0.05) is 44.1 Å². The lowest BCUT2D eigenvalue weighted by Crippen LogP contribution is -2.57. The van der Waals surface area contributed by atoms with Gasteiger partial charge < -0.3 is 20.0 Å². The molecule has 2 aromatic carbocycles. The van der Waals surface area contributed by atoms with Crippen molar-refractivity contribution in [1.29, 1.82) is 0 Å². The van der Waals surface area contributed by atoms with E-state index < -0.39 is 0 Å². The number of hydrogen-bond acceptors (Lipinski definition) is 4. The van der Waals surface area contributed by atoms with Crippen LogP contribution in [0.25, 0.3) is 0 Å². The van der Waals surface area contributed by atoms with E-state index >= 15 is 0 Å². The summed E-state index contributed by atoms with van der Waals surface area (Å²) >= 11 is 0. The third-order valence-corrected chi connectivity index (χ3v) is 5.87. The van der Waals surface area contributed by atoms with Crippen molar-refractivity contribution < 1.29 is 9.59 Å². The van der Waals surface area contributed by atoms with Crippen molar-refractivity contribution in [2.45, 2.75) is 32.4 Å². The summed E-state index contributed by atoms with van der Waals surface area (Å²) in [5.41, 5.74) is 3.95. The Kier molecular flexibility index (Phi) is 5.18. The highest BCUT2D eigenvalue weighted by Crippen LogP contribution is 2.35. The Morgan fingerprint density at radius 1 is 1.14 bits per heavy atom. The quantitative estimate of drug-likeness (QED) is 0.860. The van der Waals surface area contributed by atoms with Crippen LogP contribution in [0.4, 0.5) is 17.1 Å². The molecular formula is C23H28N4O2. The molecule has 0 bridgehead atoms. The lowest BCUT2D eigenvalue weighted by molar-refractivity contribution is 0.0582. The van der Waals surface area contributed by atoms with Crippen LogP contribution in [0.15, 0.2) is 42.5 Å². The molecule has 2 aliphatic heterocycles. The molecule has 0 aromatic heterocycles. The second-order valence-electron chi connectivity index (χ2n) is 7.89. The van der Waals surface area contributed by atoms with Gasteiger partial charge in [0.15, 0.2) is 0 Å². The second kappa shape index (κ2) is 7.78. The third kappa shape index (κ3) is 3.55. The number of rotatable bonds is 4. The van der Waals surface area contributed by atoms with Crippen LogP contribution < -0.4 is 15.1 Å². The molecule has 1 fully saturated rings. The van der Waals surface area contributed by atoms with Gasteiger partial charge in [0.25, 0.3) is 11.8 Å². The Morgan fingerprint density at radius 2 is 1.90 bits per heavy atom. The summed E-state index contributed by atoms with van der Waals surface area (Å²) in [6, 6.07) is 13.1. The topological polar surface area (TPSA) is 55.9 Å². The van der Waals surface area contributed by atoms with Crippen molar-refractivity contribution in [3.8, 4) is 0 Å². The van der Waals surface area contributed by atoms with Gasteiger partial charge in [-0.25, -0.2) is 0 Å². The van der Waals surface area contributed by atoms with Crippen LogP contribution in [-0.2, 0) is 0 Å². The van der Waals surface area contributed by atoms with Crippen molar-refractivity contribution in [3.63, 3.8) is 0 Å². The Bertz CT molecular complexity index is 923. The molecule has 152 valence electrons. The number of piperidine rings is 1. The minimum atomic E-state index is -0.167. The molecule has 1 saturated heterocycles. The van der Waals surface area contributed by atoms with E-state index in [1.165, 1.54) is 0 Å². The van der Waals surface area contributed by atoms with E-state index in [9.17, 15) is 9.59 Å². The molecule has 2 aromatic rings. The number of anilines is 3. The number of nitrogens with one attached hydrogen (secondary N) is 1. The molecule has 2 aliphatic rings. The number of hydrogen-bond donors (Lipinski definition) is 1. The van der Waals surface area contributed by atoms with Gasteiger partial charge in [-0.15, -0.1) is 0 Å². The highest BCUT2D eigenvalue weighted by Gasteiger charge is 2.38. The maximum Gasteiger partial charge on any atom is 0.257 e. The van der Waals surface area contributed by atoms with Crippen LogP contribution in [-0.4, -0.2) is 50.1 Å². The van der Waals surface area contributed by atoms with Crippen LogP contribution in [0.5, 0.6) is 0 Å². The zero-order valence-electron chi connectivity index (χ0n) is 17.3. The van der Waals surface area contributed by atoms with Gasteiger partial charge in [-0.1, -0.05) is 0 Å². The summed E-state index contributed by atoms with van der Waals surface area (Å²) in [7, 11) is 3.96. The summed E-state index contributed by atoms with van der Waals surface area (Å²) < 4.78 is 0. The summed E-state index contributed by atoms with van der Waals surface area (Å²) in [6.45, 7) is 3.72. The molecule has 1 atom stereocenters. The SMILES string of the molecule is CCN1c2cc(C(=O)Nc3ccc(N(C)C)cc3)ccc2C(=O)N2CCCCC21. The fraction of sp³-hybridized carbons (Fsp3) is 0.391. The number of benzene rings is 2. The molecule has 2 amide bonds. The van der Waals surface area contributed by atoms with Crippen molar-refractivity contribution >= 4 is 28.9 Å². The molecule has 4 rings (SSSR count). The minimum Gasteiger partial charge on any atom is -0.378 e. The molecule has 0 spiro atoms. The highest BCUT2D eigenvalue weighted by molar-refractivity contribution is 6.08. The van der Waals surface area contributed by atoms with E-state index in [4.69, 9.17) is 0 Å². The molecular weight excluding hydrogens is 364 g/mol. The van der Waals surface area contributed by atoms with Gasteiger partial charge in [-0.3, -0.25) is 9.59 Å². The summed E-state index contributed by atoms with van der Waals surface area (Å²) in [6.07, 6.45) is 3.27. The average Bonchev–Trinajstić information content (AvgIpc) is 2.74. The van der Waals surface area contributed by atoms with Crippen LogP contribution in [0, 0.1) is 0 Å². The van der Waals surface area contributed by atoms with E-state index in [1.54, 1.807) is 12.1 Å². The van der Waals surface area contributed by atoms with Crippen molar-refractivity contribution in [2.24, 2.45) is 0 Å². The van der Waals surface area contributed by atoms with Gasteiger partial charge in [0.05, 0.1) is 11.3 Å². The molecule has 2 heterocycles. The Labute approximate surface area is 172 Å². The zero-order chi connectivity index (χ0) is 20.5. The molecule has 1 unspecified atom stereocenters. The van der Waals surface area contributed by atoms with Gasteiger partial charge >= 0.3 is 0 Å². The second-order valence-corrected chi connectivity index (χ2v) is 7.89. The normalized spacial score (nSPS) is 18.2. The van der Waals surface area contributed by atoms with Crippen molar-refractivity contribution in [3.05, 3.63) is 53.6 Å². The third-order valence-electron chi connectivity index (χ3n) is 5.87. The van der Waals surface area contributed by atoms with E-state index in [0.29, 0.717) is 11.1 Å². The van der Waals surface area contributed by atoms with E-state index in [-0.39, 0.29) is 18.0 Å². The Hall–Kier alpha value is -3.02. The van der Waals surface area contributed by atoms with Crippen LogP contribution in [0.1, 0.15) is 46.9 Å². The molecule has 0 aliphatic carbocycles. The molecule has 1 N–H and O–H groups in total. The Balaban J connectivity index is 1.60. The first-order chi connectivity index (χ1) is 14.0. The first-order valence-corrected chi connectivity index (χ1v) is 10.3. The summed E-state index contributed by atoms with van der Waals surface area (Å²) in [5, 5.41) is 2.96. The van der Waals surface area contributed by atoms with Gasteiger partial charge in [-0.2, -0.15) is 0 Å². The number of carbonyl (C=O) groups is 2. The molecule has 0 radical (unpaired) electrons. The number of carbonyl (C=O) groups excluding carboxylic acids is 2. The maximum absolute atomic E-state index is 13.0. The fourth-order valence-corrected chi connectivity index (χ4v) is 4.31. The summed E-state index contributed by atoms with van der Waals surface area (Å²) in [4.78, 5) is 32.1. The standard InChI is InChI=1S/C23H28N4O2/c1-4-26-20-15-16(22(28)24-17-9-11-18(12-10-17)25(2)3)8-13-19(20)23(29)27-14-6-5-7-21(26)27/h8-13,15,21H,4-7,14H2,1-3H3,(H,24,28). The first kappa shape index (κ1) is 19.3. The monoisotopic (exact) mass is 392 g/mol. The largest absolute Gasteiger partial charge is 0.378 e. The van der Waals surface area contributed by atoms with Crippen molar-refractivity contribution in [1.82, 2.24) is 4.90 Å². The molecule has 6 nitrogen and oxygen atoms in total. The molecule has 6 heteroatoms. The average molecular weight is 393 g/mol. The van der Waals surface area contributed by atoms with Crippen LogP contribution in [0.3, 0.4) is 0 Å². The predicted molar refractivity (Wildman–Crippen MR) is 117 cm³/mol. The first-order valence-electron chi connectivity index (χ1n) is 10.3. The van der Waals surface area contributed by atoms with Crippen LogP contribution in [0.2, 0.25) is 0 Å². The van der Waals surface area contributed by atoms with E-state index in [1.807, 2.05) is 54.2 Å². The Morgan fingerprint density at radius 3 is 2.59 bits per heavy atom. The number of nitrogens with zero attached hydrogens (tertiary/aromatic N) is 3. The minimum absolute atomic E-state index is 0.0839. The fourth-order valence-electron chi connectivity index (χ4n) is 4.31.